The van der Waals surface area contributed by atoms with Crippen molar-refractivity contribution in [1.82, 2.24) is 4.90 Å². The molecule has 3 aromatic carbocycles. The van der Waals surface area contributed by atoms with E-state index in [1.165, 1.54) is 0 Å². The number of carboxylic acids is 1. The van der Waals surface area contributed by atoms with Gasteiger partial charge in [-0.1, -0.05) is 24.3 Å². The minimum Gasteiger partial charge on any atom is -0.490 e. The highest BCUT2D eigenvalue weighted by Crippen LogP contribution is 2.40. The molecule has 0 radical (unpaired) electrons. The quantitative estimate of drug-likeness (QED) is 0.224. The van der Waals surface area contributed by atoms with Crippen molar-refractivity contribution in [3.63, 3.8) is 0 Å². The number of hydrogen-bond donors (Lipinski definition) is 4. The maximum Gasteiger partial charge on any atom is 0.329 e. The average Bonchev–Trinajstić information content (AvgIpc) is 3.13. The van der Waals surface area contributed by atoms with Crippen molar-refractivity contribution < 1.29 is 19.4 Å². The predicted molar refractivity (Wildman–Crippen MR) is 147 cm³/mol. The smallest absolute Gasteiger partial charge is 0.329 e. The molecule has 1 amide bonds. The zero-order valence-electron chi connectivity index (χ0n) is 21.0. The van der Waals surface area contributed by atoms with E-state index in [1.807, 2.05) is 41.3 Å². The molecule has 9 heteroatoms. The minimum atomic E-state index is -1.19. The number of carbonyl (C=O) groups excluding carboxylic acids is 1. The highest BCUT2D eigenvalue weighted by molar-refractivity contribution is 6.34. The van der Waals surface area contributed by atoms with E-state index >= 15 is 0 Å². The number of nitrogens with zero attached hydrogens (tertiary/aromatic N) is 2. The number of nitrogens with two attached hydrogens (primary N) is 1. The van der Waals surface area contributed by atoms with Crippen molar-refractivity contribution in [3.05, 3.63) is 77.4 Å². The Morgan fingerprint density at radius 2 is 1.82 bits per heavy atom. The minimum absolute atomic E-state index is 0.0127. The van der Waals surface area contributed by atoms with Crippen LogP contribution in [0.15, 0.2) is 60.7 Å². The highest BCUT2D eigenvalue weighted by Gasteiger charge is 2.34. The van der Waals surface area contributed by atoms with E-state index in [2.05, 4.69) is 0 Å². The molecule has 2 aliphatic heterocycles. The van der Waals surface area contributed by atoms with Gasteiger partial charge in [0.05, 0.1) is 23.6 Å². The number of hydrogen-bond acceptors (Lipinski definition) is 5. The van der Waals surface area contributed by atoms with Crippen LogP contribution in [0.5, 0.6) is 5.75 Å². The fourth-order valence-electron chi connectivity index (χ4n) is 5.08. The first-order chi connectivity index (χ1) is 18.2. The molecule has 0 spiro atoms. The van der Waals surface area contributed by atoms with Crippen molar-refractivity contribution in [1.29, 1.82) is 10.8 Å². The Hall–Kier alpha value is -4.66. The van der Waals surface area contributed by atoms with E-state index in [1.54, 1.807) is 30.0 Å². The maximum atomic E-state index is 13.4. The molecule has 0 saturated carbocycles. The molecular weight excluding hydrogens is 482 g/mol. The van der Waals surface area contributed by atoms with Crippen LogP contribution in [0.4, 0.5) is 5.69 Å². The summed E-state index contributed by atoms with van der Waals surface area (Å²) in [5.74, 6) is -0.454. The number of rotatable bonds is 6. The Bertz CT molecular complexity index is 1500. The lowest BCUT2D eigenvalue weighted by Gasteiger charge is -2.32. The number of anilines is 1. The molecule has 9 nitrogen and oxygen atoms in total. The summed E-state index contributed by atoms with van der Waals surface area (Å²) in [6, 6.07) is 16.7. The van der Waals surface area contributed by atoms with Gasteiger partial charge in [-0.25, -0.2) is 4.79 Å². The maximum absolute atomic E-state index is 13.4. The third-order valence-electron chi connectivity index (χ3n) is 7.07. The number of aliphatic carboxylic acids is 1. The molecule has 5 rings (SSSR count). The molecule has 0 atom stereocenters. The first-order valence-corrected chi connectivity index (χ1v) is 12.4. The molecule has 5 N–H and O–H groups in total. The highest BCUT2D eigenvalue weighted by atomic mass is 16.5. The number of likely N-dealkylation sites (tertiary alicyclic amines) is 1. The number of fused-ring (bicyclic) bond motifs is 2. The van der Waals surface area contributed by atoms with Gasteiger partial charge >= 0.3 is 5.97 Å². The van der Waals surface area contributed by atoms with Crippen LogP contribution < -0.4 is 15.4 Å². The zero-order chi connectivity index (χ0) is 27.0. The van der Waals surface area contributed by atoms with Crippen molar-refractivity contribution in [2.45, 2.75) is 32.4 Å². The Morgan fingerprint density at radius 3 is 2.50 bits per heavy atom. The second-order valence-electron chi connectivity index (χ2n) is 9.67. The topological polar surface area (TPSA) is 144 Å². The second kappa shape index (κ2) is 10.0. The lowest BCUT2D eigenvalue weighted by Crippen LogP contribution is -2.40. The summed E-state index contributed by atoms with van der Waals surface area (Å²) < 4.78 is 6.20. The molecule has 0 aliphatic carbocycles. The summed E-state index contributed by atoms with van der Waals surface area (Å²) in [5, 5.41) is 26.8. The number of benzene rings is 3. The van der Waals surface area contributed by atoms with Crippen LogP contribution >= 0.6 is 0 Å². The predicted octanol–water partition coefficient (Wildman–Crippen LogP) is 3.98. The van der Waals surface area contributed by atoms with Gasteiger partial charge in [-0.05, 0) is 53.6 Å². The van der Waals surface area contributed by atoms with Gasteiger partial charge in [0.1, 0.15) is 17.7 Å². The molecule has 2 aliphatic rings. The van der Waals surface area contributed by atoms with Gasteiger partial charge in [-0.3, -0.25) is 15.6 Å². The van der Waals surface area contributed by atoms with Crippen LogP contribution in [0.25, 0.3) is 16.3 Å². The molecule has 3 aromatic rings. The molecule has 1 saturated heterocycles. The lowest BCUT2D eigenvalue weighted by atomic mass is 10.0. The summed E-state index contributed by atoms with van der Waals surface area (Å²) in [6.45, 7) is 3.54. The number of amidine groups is 2. The van der Waals surface area contributed by atoms with E-state index < -0.39 is 5.97 Å². The summed E-state index contributed by atoms with van der Waals surface area (Å²) >= 11 is 0. The molecule has 1 fully saturated rings. The van der Waals surface area contributed by atoms with Gasteiger partial charge in [0, 0.05) is 43.1 Å². The van der Waals surface area contributed by atoms with Crippen molar-refractivity contribution in [2.75, 3.05) is 18.0 Å². The van der Waals surface area contributed by atoms with Crippen LogP contribution in [0.2, 0.25) is 0 Å². The van der Waals surface area contributed by atoms with Crippen molar-refractivity contribution >= 4 is 45.6 Å². The van der Waals surface area contributed by atoms with Gasteiger partial charge in [0.15, 0.2) is 0 Å². The Morgan fingerprint density at radius 1 is 1.08 bits per heavy atom. The van der Waals surface area contributed by atoms with Crippen LogP contribution in [0.1, 0.15) is 36.5 Å². The van der Waals surface area contributed by atoms with Crippen LogP contribution in [0, 0.1) is 10.8 Å². The average molecular weight is 512 g/mol. The van der Waals surface area contributed by atoms with Crippen LogP contribution in [-0.2, 0) is 16.1 Å². The fraction of sp³-hybridized carbons (Fsp3) is 0.241. The molecule has 2 heterocycles. The van der Waals surface area contributed by atoms with Gasteiger partial charge in [0.2, 0.25) is 0 Å². The van der Waals surface area contributed by atoms with Gasteiger partial charge in [0.25, 0.3) is 5.91 Å². The molecule has 0 unspecified atom stereocenters. The van der Waals surface area contributed by atoms with E-state index in [4.69, 9.17) is 21.3 Å². The van der Waals surface area contributed by atoms with E-state index in [0.29, 0.717) is 28.4 Å². The summed E-state index contributed by atoms with van der Waals surface area (Å²) in [4.78, 5) is 28.6. The number of nitrogen functional groups attached to an aromatic ring is 1. The molecule has 38 heavy (non-hydrogen) atoms. The van der Waals surface area contributed by atoms with Crippen LogP contribution in [0.3, 0.4) is 0 Å². The monoisotopic (exact) mass is 511 g/mol. The van der Waals surface area contributed by atoms with Crippen molar-refractivity contribution in [2.24, 2.45) is 5.73 Å². The largest absolute Gasteiger partial charge is 0.490 e. The number of carbonyl (C=O) groups is 2. The first-order valence-electron chi connectivity index (χ1n) is 12.4. The lowest BCUT2D eigenvalue weighted by molar-refractivity contribution is -0.131. The SMILES string of the molecule is CC(=N)N1CCC(Oc2ccc3c(c2)/C(=C/C(=O)O)C(=O)N3Cc2ccc3ccc(C(=N)N)cc3c2)CC1. The third kappa shape index (κ3) is 4.95. The summed E-state index contributed by atoms with van der Waals surface area (Å²) in [7, 11) is 0. The summed E-state index contributed by atoms with van der Waals surface area (Å²) in [5.41, 5.74) is 8.40. The normalized spacial score (nSPS) is 16.7. The zero-order valence-corrected chi connectivity index (χ0v) is 21.0. The van der Waals surface area contributed by atoms with E-state index in [-0.39, 0.29) is 30.0 Å². The van der Waals surface area contributed by atoms with E-state index in [9.17, 15) is 14.7 Å². The molecule has 194 valence electrons. The molecular formula is C29H29N5O4. The summed E-state index contributed by atoms with van der Waals surface area (Å²) in [6.07, 6.45) is 2.50. The first kappa shape index (κ1) is 25.0. The molecule has 0 aromatic heterocycles. The number of piperidine rings is 1. The number of amides is 1. The fourth-order valence-corrected chi connectivity index (χ4v) is 5.08. The number of carboxylic acid groups (broad SMARTS) is 1. The van der Waals surface area contributed by atoms with Gasteiger partial charge in [-0.2, -0.15) is 0 Å². The Labute approximate surface area is 220 Å². The van der Waals surface area contributed by atoms with Gasteiger partial charge in [-0.15, -0.1) is 0 Å². The molecule has 0 bridgehead atoms. The number of ether oxygens (including phenoxy) is 1. The Balaban J connectivity index is 1.42. The Kier molecular flexibility index (Phi) is 6.59. The third-order valence-corrected chi connectivity index (χ3v) is 7.07. The standard InChI is InChI=1S/C29H29N5O4/c1-17(30)33-10-8-22(9-11-33)38-23-6-7-26-24(14-23)25(15-27(35)36)29(37)34(26)16-18-2-3-19-4-5-20(28(31)32)13-21(19)12-18/h2-7,12-15,22,30H,8-11,16H2,1H3,(H3,31,32)(H,35,36)/b25-15-,30-17?. The number of nitrogens with one attached hydrogen (secondary N) is 2. The van der Waals surface area contributed by atoms with E-state index in [0.717, 1.165) is 48.3 Å². The van der Waals surface area contributed by atoms with Crippen molar-refractivity contribution in [3.8, 4) is 5.75 Å². The second-order valence-corrected chi connectivity index (χ2v) is 9.67. The van der Waals surface area contributed by atoms with Gasteiger partial charge < -0.3 is 25.4 Å². The van der Waals surface area contributed by atoms with Crippen LogP contribution in [-0.4, -0.2) is 52.7 Å².